The van der Waals surface area contributed by atoms with Crippen LogP contribution in [0.2, 0.25) is 0 Å². The van der Waals surface area contributed by atoms with Gasteiger partial charge in [0.15, 0.2) is 0 Å². The Morgan fingerprint density at radius 1 is 1.27 bits per heavy atom. The molecule has 0 aliphatic carbocycles. The topological polar surface area (TPSA) is 48.1 Å². The quantitative estimate of drug-likeness (QED) is 0.305. The molecule has 0 radical (unpaired) electrons. The zero-order valence-electron chi connectivity index (χ0n) is 6.94. The summed E-state index contributed by atoms with van der Waals surface area (Å²) in [6.07, 6.45) is 0. The van der Waals surface area contributed by atoms with Gasteiger partial charge in [0.25, 0.3) is 0 Å². The molecule has 1 unspecified atom stereocenters. The Morgan fingerprint density at radius 3 is 2.45 bits per heavy atom. The second-order valence-electron chi connectivity index (χ2n) is 1.87. The Balaban J connectivity index is 3.09. The van der Waals surface area contributed by atoms with Crippen LogP contribution < -0.4 is 20.1 Å². The van der Waals surface area contributed by atoms with Crippen LogP contribution in [-0.4, -0.2) is 26.9 Å². The minimum Gasteiger partial charge on any atom is -0.307 e. The van der Waals surface area contributed by atoms with Crippen molar-refractivity contribution in [3.63, 3.8) is 0 Å². The normalized spacial score (nSPS) is 13.3. The lowest BCUT2D eigenvalue weighted by Gasteiger charge is -2.08. The molecule has 0 amide bonds. The second kappa shape index (κ2) is 8.51. The summed E-state index contributed by atoms with van der Waals surface area (Å²) in [5.74, 6) is 0. The predicted octanol–water partition coefficient (Wildman–Crippen LogP) is -1.18. The van der Waals surface area contributed by atoms with Gasteiger partial charge in [0, 0.05) is 9.83 Å². The number of hydrogen-bond donors (Lipinski definition) is 4. The summed E-state index contributed by atoms with van der Waals surface area (Å²) < 4.78 is 6.17. The molecule has 0 fully saturated rings. The maximum atomic E-state index is 5.04. The van der Waals surface area contributed by atoms with E-state index in [2.05, 4.69) is 27.0 Å². The average molecular weight is 196 g/mol. The summed E-state index contributed by atoms with van der Waals surface area (Å²) in [7, 11) is 1.57. The first kappa shape index (κ1) is 11.4. The first-order valence-electron chi connectivity index (χ1n) is 3.55. The molecular weight excluding hydrogens is 180 g/mol. The molecule has 0 bridgehead atoms. The fraction of sp³-hybridized carbons (Fsp3) is 1.00. The van der Waals surface area contributed by atoms with Crippen molar-refractivity contribution < 1.29 is 0 Å². The van der Waals surface area contributed by atoms with Crippen LogP contribution >= 0.6 is 0 Å². The van der Waals surface area contributed by atoms with E-state index in [4.69, 9.17) is 11.2 Å². The molecule has 0 aliphatic rings. The van der Waals surface area contributed by atoms with Crippen molar-refractivity contribution >= 4 is 21.0 Å². The van der Waals surface area contributed by atoms with E-state index in [0.717, 1.165) is 19.9 Å². The first-order chi connectivity index (χ1) is 5.31. The first-order valence-corrected chi connectivity index (χ1v) is 5.70. The highest BCUT2D eigenvalue weighted by Crippen LogP contribution is 1.63. The van der Waals surface area contributed by atoms with Gasteiger partial charge < -0.3 is 10.6 Å². The summed E-state index contributed by atoms with van der Waals surface area (Å²) >= 11 is 5.04. The fourth-order valence-corrected chi connectivity index (χ4v) is 1.39. The third kappa shape index (κ3) is 8.32. The Kier molecular flexibility index (Phi) is 8.82. The maximum absolute atomic E-state index is 5.04. The second-order valence-corrected chi connectivity index (χ2v) is 3.98. The fourth-order valence-electron chi connectivity index (χ4n) is 0.430. The molecule has 0 aromatic carbocycles. The van der Waals surface area contributed by atoms with Gasteiger partial charge in [-0.15, -0.1) is 0 Å². The van der Waals surface area contributed by atoms with Crippen LogP contribution in [0, 0.1) is 0 Å². The van der Waals surface area contributed by atoms with E-state index < -0.39 is 0 Å². The third-order valence-electron chi connectivity index (χ3n) is 0.958. The number of rotatable bonds is 7. The Hall–Kier alpha value is 0.410. The molecule has 0 aromatic heterocycles. The lowest BCUT2D eigenvalue weighted by Crippen LogP contribution is -2.38. The highest BCUT2D eigenvalue weighted by atomic mass is 32.8. The molecule has 0 saturated carbocycles. The minimum absolute atomic E-state index is 0.313. The minimum atomic E-state index is -0.313. The summed E-state index contributed by atoms with van der Waals surface area (Å²) in [4.78, 5) is 0. The molecule has 0 aromatic rings. The van der Waals surface area contributed by atoms with Crippen molar-refractivity contribution in [1.82, 2.24) is 20.1 Å². The van der Waals surface area contributed by atoms with Gasteiger partial charge in [-0.3, -0.25) is 0 Å². The van der Waals surface area contributed by atoms with Gasteiger partial charge in [-0.25, -0.2) is 9.44 Å². The van der Waals surface area contributed by atoms with Gasteiger partial charge in [0.1, 0.15) is 0 Å². The van der Waals surface area contributed by atoms with Crippen molar-refractivity contribution in [2.45, 2.75) is 6.92 Å². The van der Waals surface area contributed by atoms with E-state index in [0.29, 0.717) is 0 Å². The Labute approximate surface area is 75.4 Å². The van der Waals surface area contributed by atoms with Gasteiger partial charge in [0.2, 0.25) is 0 Å². The van der Waals surface area contributed by atoms with E-state index in [1.807, 2.05) is 7.05 Å². The van der Waals surface area contributed by atoms with Crippen molar-refractivity contribution in [2.24, 2.45) is 0 Å². The van der Waals surface area contributed by atoms with Gasteiger partial charge in [-0.1, -0.05) is 6.92 Å². The monoisotopic (exact) mass is 196 g/mol. The Morgan fingerprint density at radius 2 is 1.91 bits per heavy atom. The molecule has 0 rings (SSSR count). The van der Waals surface area contributed by atoms with Crippen molar-refractivity contribution in [3.05, 3.63) is 0 Å². The molecule has 0 aliphatic heterocycles. The van der Waals surface area contributed by atoms with E-state index in [9.17, 15) is 0 Å². The van der Waals surface area contributed by atoms with Crippen molar-refractivity contribution in [2.75, 3.05) is 26.9 Å². The standard InChI is InChI=1S/C5H16N4S2/c1-3-7-5-9-11(10)8-4-6-2/h6-9H,3-5H2,1-2H3. The smallest absolute Gasteiger partial charge is 0.0566 e. The van der Waals surface area contributed by atoms with Gasteiger partial charge in [-0.05, 0) is 24.8 Å². The highest BCUT2D eigenvalue weighted by Gasteiger charge is 1.88. The van der Waals surface area contributed by atoms with Gasteiger partial charge in [-0.2, -0.15) is 0 Å². The maximum Gasteiger partial charge on any atom is 0.0566 e. The van der Waals surface area contributed by atoms with E-state index >= 15 is 0 Å². The molecule has 4 N–H and O–H groups in total. The van der Waals surface area contributed by atoms with Crippen molar-refractivity contribution in [3.8, 4) is 0 Å². The van der Waals surface area contributed by atoms with E-state index in [1.165, 1.54) is 0 Å². The molecule has 68 valence electrons. The molecule has 0 saturated heterocycles. The number of nitrogens with one attached hydrogen (secondary N) is 4. The molecule has 6 heteroatoms. The Bertz CT molecular complexity index is 109. The zero-order valence-corrected chi connectivity index (χ0v) is 8.57. The number of hydrogen-bond acceptors (Lipinski definition) is 3. The van der Waals surface area contributed by atoms with Crippen LogP contribution in [0.1, 0.15) is 6.92 Å². The zero-order chi connectivity index (χ0) is 8.53. The van der Waals surface area contributed by atoms with Crippen LogP contribution in [-0.2, 0) is 21.0 Å². The highest BCUT2D eigenvalue weighted by molar-refractivity contribution is 8.26. The average Bonchev–Trinajstić information content (AvgIpc) is 2.01. The molecule has 0 spiro atoms. The van der Waals surface area contributed by atoms with Crippen LogP contribution in [0.15, 0.2) is 0 Å². The van der Waals surface area contributed by atoms with Crippen LogP contribution in [0.5, 0.6) is 0 Å². The molecule has 0 heterocycles. The molecule has 11 heavy (non-hydrogen) atoms. The summed E-state index contributed by atoms with van der Waals surface area (Å²) in [5.41, 5.74) is 0. The van der Waals surface area contributed by atoms with E-state index in [1.54, 1.807) is 0 Å². The molecule has 1 atom stereocenters. The van der Waals surface area contributed by atoms with Gasteiger partial charge >= 0.3 is 0 Å². The molecule has 4 nitrogen and oxygen atoms in total. The van der Waals surface area contributed by atoms with Crippen LogP contribution in [0.4, 0.5) is 0 Å². The van der Waals surface area contributed by atoms with Crippen LogP contribution in [0.3, 0.4) is 0 Å². The lowest BCUT2D eigenvalue weighted by molar-refractivity contribution is 0.704. The SMILES string of the molecule is CCNCNS(=S)NCNC. The largest absolute Gasteiger partial charge is 0.307 e. The van der Waals surface area contributed by atoms with E-state index in [-0.39, 0.29) is 9.83 Å². The molecular formula is C5H16N4S2. The lowest BCUT2D eigenvalue weighted by atomic mass is 10.8. The van der Waals surface area contributed by atoms with Crippen LogP contribution in [0.25, 0.3) is 0 Å². The van der Waals surface area contributed by atoms with Gasteiger partial charge in [0.05, 0.1) is 13.3 Å². The summed E-state index contributed by atoms with van der Waals surface area (Å²) in [6, 6.07) is 0. The predicted molar refractivity (Wildman–Crippen MR) is 53.5 cm³/mol. The van der Waals surface area contributed by atoms with Crippen molar-refractivity contribution in [1.29, 1.82) is 0 Å². The summed E-state index contributed by atoms with van der Waals surface area (Å²) in [5, 5.41) is 6.08. The third-order valence-corrected chi connectivity index (χ3v) is 2.48. The summed E-state index contributed by atoms with van der Waals surface area (Å²) in [6.45, 7) is 4.53.